The molecule has 11 heteroatoms. The first kappa shape index (κ1) is 20.5. The Balaban J connectivity index is 1.25. The third-order valence-electron chi connectivity index (χ3n) is 5.28. The maximum Gasteiger partial charge on any atom is 0.245 e. The number of aromatic nitrogens is 3. The fraction of sp³-hybridized carbons (Fsp3) is 0.250. The molecule has 31 heavy (non-hydrogen) atoms. The van der Waals surface area contributed by atoms with Crippen molar-refractivity contribution in [2.45, 2.75) is 11.4 Å². The van der Waals surface area contributed by atoms with Crippen LogP contribution in [0.4, 0.5) is 0 Å². The molecule has 1 saturated heterocycles. The Kier molecular flexibility index (Phi) is 5.49. The number of halogens is 1. The van der Waals surface area contributed by atoms with Gasteiger partial charge >= 0.3 is 0 Å². The molecule has 4 aromatic rings. The van der Waals surface area contributed by atoms with Gasteiger partial charge < -0.3 is 4.52 Å². The van der Waals surface area contributed by atoms with Crippen LogP contribution in [0, 0.1) is 0 Å². The first-order valence-corrected chi connectivity index (χ1v) is 12.2. The highest BCUT2D eigenvalue weighted by molar-refractivity contribution is 7.89. The smallest absolute Gasteiger partial charge is 0.245 e. The Labute approximate surface area is 188 Å². The number of hydrogen-bond acceptors (Lipinski definition) is 8. The Morgan fingerprint density at radius 3 is 2.58 bits per heavy atom. The summed E-state index contributed by atoms with van der Waals surface area (Å²) in [5.74, 6) is 0.736. The average Bonchev–Trinajstić information content (AvgIpc) is 3.44. The van der Waals surface area contributed by atoms with Gasteiger partial charge in [-0.3, -0.25) is 4.90 Å². The molecule has 0 saturated carbocycles. The van der Waals surface area contributed by atoms with E-state index in [0.29, 0.717) is 48.8 Å². The number of benzene rings is 2. The fourth-order valence-corrected chi connectivity index (χ4v) is 5.92. The Bertz CT molecular complexity index is 1310. The second-order valence-corrected chi connectivity index (χ2v) is 10.1. The number of hydrogen-bond donors (Lipinski definition) is 0. The SMILES string of the molecule is O=S(=O)(c1cccc2nsnc12)N1CCN(Cc2cc(-c3ccc(Cl)cc3)no2)CC1. The van der Waals surface area contributed by atoms with E-state index in [1.807, 2.05) is 30.3 Å². The molecule has 0 atom stereocenters. The summed E-state index contributed by atoms with van der Waals surface area (Å²) < 4.78 is 41.6. The summed E-state index contributed by atoms with van der Waals surface area (Å²) in [6.45, 7) is 2.56. The maximum absolute atomic E-state index is 13.2. The van der Waals surface area contributed by atoms with Gasteiger partial charge in [-0.25, -0.2) is 8.42 Å². The zero-order valence-corrected chi connectivity index (χ0v) is 18.7. The second kappa shape index (κ2) is 8.29. The van der Waals surface area contributed by atoms with Crippen molar-refractivity contribution in [3.05, 3.63) is 59.3 Å². The molecule has 1 fully saturated rings. The van der Waals surface area contributed by atoms with Crippen LogP contribution in [0.25, 0.3) is 22.3 Å². The lowest BCUT2D eigenvalue weighted by atomic mass is 10.1. The maximum atomic E-state index is 13.2. The van der Waals surface area contributed by atoms with Crippen LogP contribution >= 0.6 is 23.3 Å². The van der Waals surface area contributed by atoms with Crippen molar-refractivity contribution in [2.24, 2.45) is 0 Å². The third kappa shape index (κ3) is 4.09. The summed E-state index contributed by atoms with van der Waals surface area (Å²) in [5.41, 5.74) is 2.72. The highest BCUT2D eigenvalue weighted by Crippen LogP contribution is 2.26. The molecule has 1 aliphatic heterocycles. The molecule has 0 aliphatic carbocycles. The van der Waals surface area contributed by atoms with Crippen molar-refractivity contribution < 1.29 is 12.9 Å². The van der Waals surface area contributed by atoms with Gasteiger partial charge in [-0.2, -0.15) is 13.1 Å². The number of sulfonamides is 1. The van der Waals surface area contributed by atoms with Crippen LogP contribution in [-0.2, 0) is 16.6 Å². The molecule has 0 N–H and O–H groups in total. The summed E-state index contributed by atoms with van der Waals surface area (Å²) in [7, 11) is -3.63. The molecule has 0 spiro atoms. The van der Waals surface area contributed by atoms with Gasteiger partial charge in [0.1, 0.15) is 21.6 Å². The van der Waals surface area contributed by atoms with Crippen LogP contribution in [-0.4, -0.2) is 57.7 Å². The summed E-state index contributed by atoms with van der Waals surface area (Å²) in [5, 5.41) is 4.81. The lowest BCUT2D eigenvalue weighted by Gasteiger charge is -2.33. The fourth-order valence-electron chi connectivity index (χ4n) is 3.62. The first-order valence-electron chi connectivity index (χ1n) is 9.66. The molecule has 0 unspecified atom stereocenters. The molecule has 1 aliphatic rings. The van der Waals surface area contributed by atoms with Gasteiger partial charge in [0.25, 0.3) is 0 Å². The van der Waals surface area contributed by atoms with E-state index in [2.05, 4.69) is 18.8 Å². The number of rotatable bonds is 5. The van der Waals surface area contributed by atoms with Crippen LogP contribution in [0.5, 0.6) is 0 Å². The molecular weight excluding hydrogens is 458 g/mol. The average molecular weight is 476 g/mol. The van der Waals surface area contributed by atoms with E-state index in [9.17, 15) is 8.42 Å². The van der Waals surface area contributed by atoms with E-state index in [-0.39, 0.29) is 4.90 Å². The van der Waals surface area contributed by atoms with E-state index in [1.165, 1.54) is 4.31 Å². The standard InChI is InChI=1S/C20H18ClN5O3S2/c21-15-6-4-14(5-7-15)18-12-16(29-22-18)13-25-8-10-26(11-9-25)31(27,28)19-3-1-2-17-20(19)24-30-23-17/h1-7,12H,8-11,13H2. The highest BCUT2D eigenvalue weighted by Gasteiger charge is 2.31. The van der Waals surface area contributed by atoms with Crippen LogP contribution < -0.4 is 0 Å². The zero-order valence-electron chi connectivity index (χ0n) is 16.3. The molecule has 0 radical (unpaired) electrons. The minimum atomic E-state index is -3.63. The Morgan fingerprint density at radius 1 is 1.03 bits per heavy atom. The van der Waals surface area contributed by atoms with E-state index in [4.69, 9.17) is 16.1 Å². The molecule has 0 bridgehead atoms. The molecule has 5 rings (SSSR count). The van der Waals surface area contributed by atoms with Crippen molar-refractivity contribution in [3.8, 4) is 11.3 Å². The topological polar surface area (TPSA) is 92.4 Å². The first-order chi connectivity index (χ1) is 15.0. The van der Waals surface area contributed by atoms with Gasteiger partial charge in [-0.1, -0.05) is 35.0 Å². The van der Waals surface area contributed by atoms with Crippen molar-refractivity contribution in [1.29, 1.82) is 0 Å². The van der Waals surface area contributed by atoms with Gasteiger partial charge in [0.15, 0.2) is 5.76 Å². The van der Waals surface area contributed by atoms with E-state index in [0.717, 1.165) is 28.7 Å². The van der Waals surface area contributed by atoms with Crippen molar-refractivity contribution >= 4 is 44.4 Å². The summed E-state index contributed by atoms with van der Waals surface area (Å²) in [6, 6.07) is 14.4. The summed E-state index contributed by atoms with van der Waals surface area (Å²) >= 11 is 6.95. The van der Waals surface area contributed by atoms with E-state index < -0.39 is 10.0 Å². The van der Waals surface area contributed by atoms with E-state index in [1.54, 1.807) is 18.2 Å². The van der Waals surface area contributed by atoms with Crippen molar-refractivity contribution in [3.63, 3.8) is 0 Å². The predicted molar refractivity (Wildman–Crippen MR) is 118 cm³/mol. The largest absolute Gasteiger partial charge is 0.359 e. The molecule has 8 nitrogen and oxygen atoms in total. The molecular formula is C20H18ClN5O3S2. The number of piperazine rings is 1. The third-order valence-corrected chi connectivity index (χ3v) is 8.00. The summed E-state index contributed by atoms with van der Waals surface area (Å²) in [6.07, 6.45) is 0. The van der Waals surface area contributed by atoms with Crippen LogP contribution in [0.1, 0.15) is 5.76 Å². The molecule has 2 aromatic heterocycles. The minimum Gasteiger partial charge on any atom is -0.359 e. The monoisotopic (exact) mass is 475 g/mol. The molecule has 3 heterocycles. The van der Waals surface area contributed by atoms with Crippen molar-refractivity contribution in [1.82, 2.24) is 23.1 Å². The highest BCUT2D eigenvalue weighted by atomic mass is 35.5. The van der Waals surface area contributed by atoms with Gasteiger partial charge in [0.2, 0.25) is 10.0 Å². The minimum absolute atomic E-state index is 0.218. The summed E-state index contributed by atoms with van der Waals surface area (Å²) in [4.78, 5) is 2.37. The van der Waals surface area contributed by atoms with Gasteiger partial charge in [-0.05, 0) is 24.3 Å². The lowest BCUT2D eigenvalue weighted by molar-refractivity contribution is 0.166. The molecule has 2 aromatic carbocycles. The Hall–Kier alpha value is -2.37. The quantitative estimate of drug-likeness (QED) is 0.436. The number of nitrogens with zero attached hydrogens (tertiary/aromatic N) is 5. The zero-order chi connectivity index (χ0) is 21.4. The molecule has 0 amide bonds. The van der Waals surface area contributed by atoms with Gasteiger partial charge in [-0.15, -0.1) is 0 Å². The van der Waals surface area contributed by atoms with Crippen molar-refractivity contribution in [2.75, 3.05) is 26.2 Å². The van der Waals surface area contributed by atoms with Gasteiger partial charge in [0, 0.05) is 42.8 Å². The van der Waals surface area contributed by atoms with Crippen LogP contribution in [0.3, 0.4) is 0 Å². The second-order valence-electron chi connectivity index (χ2n) is 7.25. The van der Waals surface area contributed by atoms with Crippen LogP contribution in [0.15, 0.2) is 57.9 Å². The van der Waals surface area contributed by atoms with Crippen LogP contribution in [0.2, 0.25) is 5.02 Å². The lowest BCUT2D eigenvalue weighted by Crippen LogP contribution is -2.48. The normalized spacial score (nSPS) is 16.2. The van der Waals surface area contributed by atoms with E-state index >= 15 is 0 Å². The Morgan fingerprint density at radius 2 is 1.81 bits per heavy atom. The van der Waals surface area contributed by atoms with Gasteiger partial charge in [0.05, 0.1) is 18.3 Å². The number of fused-ring (bicyclic) bond motifs is 1. The predicted octanol–water partition coefficient (Wildman–Crippen LogP) is 3.51. The molecule has 160 valence electrons.